The van der Waals surface area contributed by atoms with E-state index in [1.807, 2.05) is 55.5 Å². The molecule has 1 N–H and O–H groups in total. The maximum Gasteiger partial charge on any atom is 0.191 e. The van der Waals surface area contributed by atoms with Crippen LogP contribution >= 0.6 is 0 Å². The minimum absolute atomic E-state index is 0.196. The molecule has 1 heterocycles. The van der Waals surface area contributed by atoms with Crippen molar-refractivity contribution in [3.8, 4) is 11.3 Å². The van der Waals surface area contributed by atoms with E-state index in [2.05, 4.69) is 71.6 Å². The normalized spacial score (nSPS) is 12.5. The van der Waals surface area contributed by atoms with Gasteiger partial charge in [0.1, 0.15) is 12.0 Å². The van der Waals surface area contributed by atoms with Crippen LogP contribution in [0.2, 0.25) is 0 Å². The second-order valence-corrected chi connectivity index (χ2v) is 8.45. The maximum atomic E-state index is 15.3. The standard InChI is InChI=1S/C31H30FN3/c1-4-8-22(3)18-26(9-5-2)25-14-12-23(13-15-25)20-33-31-29(32)30(34-21-35-31)28-17-16-24-10-6-7-11-27(24)19-28/h5-19,21H,4,20H2,1-3H3,(H,33,34,35)/b9-5-,22-8+,26-18+. The van der Waals surface area contributed by atoms with Crippen LogP contribution in [0.3, 0.4) is 0 Å². The van der Waals surface area contributed by atoms with E-state index < -0.39 is 5.82 Å². The van der Waals surface area contributed by atoms with Crippen molar-refractivity contribution in [2.24, 2.45) is 0 Å². The zero-order chi connectivity index (χ0) is 24.6. The van der Waals surface area contributed by atoms with Gasteiger partial charge in [-0.15, -0.1) is 0 Å². The summed E-state index contributed by atoms with van der Waals surface area (Å²) < 4.78 is 15.3. The number of allylic oxidation sites excluding steroid dienone is 6. The number of rotatable bonds is 8. The van der Waals surface area contributed by atoms with E-state index in [0.717, 1.165) is 39.5 Å². The first kappa shape index (κ1) is 24.1. The van der Waals surface area contributed by atoms with Crippen LogP contribution in [0.1, 0.15) is 38.3 Å². The van der Waals surface area contributed by atoms with Gasteiger partial charge in [0.15, 0.2) is 11.6 Å². The molecule has 0 fully saturated rings. The van der Waals surface area contributed by atoms with E-state index in [-0.39, 0.29) is 5.82 Å². The van der Waals surface area contributed by atoms with Gasteiger partial charge in [-0.05, 0) is 53.8 Å². The summed E-state index contributed by atoms with van der Waals surface area (Å²) in [5, 5.41) is 5.29. The fraction of sp³-hybridized carbons (Fsp3) is 0.161. The summed E-state index contributed by atoms with van der Waals surface area (Å²) in [6.07, 6.45) is 11.0. The first-order valence-electron chi connectivity index (χ1n) is 11.9. The van der Waals surface area contributed by atoms with E-state index in [0.29, 0.717) is 12.2 Å². The molecule has 0 saturated heterocycles. The third-order valence-electron chi connectivity index (χ3n) is 5.82. The Labute approximate surface area is 206 Å². The van der Waals surface area contributed by atoms with Gasteiger partial charge in [-0.3, -0.25) is 0 Å². The Hall–Kier alpha value is -4.05. The smallest absolute Gasteiger partial charge is 0.191 e. The first-order valence-corrected chi connectivity index (χ1v) is 11.9. The van der Waals surface area contributed by atoms with Gasteiger partial charge in [0.25, 0.3) is 0 Å². The molecule has 4 aromatic rings. The van der Waals surface area contributed by atoms with E-state index >= 15 is 4.39 Å². The highest BCUT2D eigenvalue weighted by Gasteiger charge is 2.13. The maximum absolute atomic E-state index is 15.3. The summed E-state index contributed by atoms with van der Waals surface area (Å²) in [6, 6.07) is 22.1. The van der Waals surface area contributed by atoms with Gasteiger partial charge in [-0.2, -0.15) is 0 Å². The van der Waals surface area contributed by atoms with Gasteiger partial charge in [-0.25, -0.2) is 14.4 Å². The molecule has 0 aliphatic carbocycles. The molecule has 3 aromatic carbocycles. The number of fused-ring (bicyclic) bond motifs is 1. The summed E-state index contributed by atoms with van der Waals surface area (Å²) in [5.74, 6) is -0.252. The van der Waals surface area contributed by atoms with Gasteiger partial charge in [0.2, 0.25) is 0 Å². The van der Waals surface area contributed by atoms with E-state index in [4.69, 9.17) is 0 Å². The Kier molecular flexibility index (Phi) is 7.84. The van der Waals surface area contributed by atoms with Crippen molar-refractivity contribution in [2.75, 3.05) is 5.32 Å². The van der Waals surface area contributed by atoms with Gasteiger partial charge in [0.05, 0.1) is 0 Å². The van der Waals surface area contributed by atoms with Crippen molar-refractivity contribution in [3.05, 3.63) is 120 Å². The van der Waals surface area contributed by atoms with E-state index in [9.17, 15) is 0 Å². The SMILES string of the molecule is C\C=C/C(=C\C(C)=C\CC)c1ccc(CNc2ncnc(-c3ccc4ccccc4c3)c2F)cc1. The zero-order valence-corrected chi connectivity index (χ0v) is 20.4. The Bertz CT molecular complexity index is 1400. The number of halogens is 1. The molecule has 1 aromatic heterocycles. The molecule has 35 heavy (non-hydrogen) atoms. The lowest BCUT2D eigenvalue weighted by molar-refractivity contribution is 0.621. The second-order valence-electron chi connectivity index (χ2n) is 8.45. The van der Waals surface area contributed by atoms with E-state index in [1.54, 1.807) is 0 Å². The molecule has 4 rings (SSSR count). The number of nitrogens with one attached hydrogen (secondary N) is 1. The van der Waals surface area contributed by atoms with Gasteiger partial charge in [0, 0.05) is 12.1 Å². The van der Waals surface area contributed by atoms with Crippen LogP contribution in [0.4, 0.5) is 10.2 Å². The van der Waals surface area contributed by atoms with Gasteiger partial charge >= 0.3 is 0 Å². The van der Waals surface area contributed by atoms with Crippen LogP contribution in [0.15, 0.2) is 103 Å². The number of hydrogen-bond acceptors (Lipinski definition) is 3. The number of aromatic nitrogens is 2. The quantitative estimate of drug-likeness (QED) is 0.267. The third-order valence-corrected chi connectivity index (χ3v) is 5.82. The average molecular weight is 464 g/mol. The number of hydrogen-bond donors (Lipinski definition) is 1. The molecule has 0 spiro atoms. The minimum Gasteiger partial charge on any atom is -0.363 e. The van der Waals surface area contributed by atoms with Gasteiger partial charge < -0.3 is 5.32 Å². The molecule has 0 atom stereocenters. The fourth-order valence-electron chi connectivity index (χ4n) is 4.07. The molecule has 4 heteroatoms. The van der Waals surface area contributed by atoms with Crippen molar-refractivity contribution in [1.82, 2.24) is 9.97 Å². The summed E-state index contributed by atoms with van der Waals surface area (Å²) in [5.41, 5.74) is 5.61. The summed E-state index contributed by atoms with van der Waals surface area (Å²) in [7, 11) is 0. The monoisotopic (exact) mass is 463 g/mol. The highest BCUT2D eigenvalue weighted by Crippen LogP contribution is 2.27. The molecule has 0 radical (unpaired) electrons. The molecule has 0 amide bonds. The first-order chi connectivity index (χ1) is 17.1. The lowest BCUT2D eigenvalue weighted by Crippen LogP contribution is -2.05. The van der Waals surface area contributed by atoms with Crippen molar-refractivity contribution < 1.29 is 4.39 Å². The van der Waals surface area contributed by atoms with Crippen molar-refractivity contribution in [1.29, 1.82) is 0 Å². The fourth-order valence-corrected chi connectivity index (χ4v) is 4.07. The molecule has 0 aliphatic heterocycles. The van der Waals surface area contributed by atoms with Crippen molar-refractivity contribution in [3.63, 3.8) is 0 Å². The summed E-state index contributed by atoms with van der Waals surface area (Å²) in [4.78, 5) is 8.35. The zero-order valence-electron chi connectivity index (χ0n) is 20.4. The van der Waals surface area contributed by atoms with Crippen molar-refractivity contribution in [2.45, 2.75) is 33.7 Å². The Morgan fingerprint density at radius 2 is 1.74 bits per heavy atom. The molecule has 0 saturated carbocycles. The Morgan fingerprint density at radius 1 is 0.971 bits per heavy atom. The second kappa shape index (κ2) is 11.4. The number of anilines is 1. The molecule has 176 valence electrons. The number of benzene rings is 3. The van der Waals surface area contributed by atoms with Crippen LogP contribution in [0.25, 0.3) is 27.6 Å². The lowest BCUT2D eigenvalue weighted by atomic mass is 10.0. The molecular formula is C31H30FN3. The van der Waals surface area contributed by atoms with E-state index in [1.165, 1.54) is 11.9 Å². The highest BCUT2D eigenvalue weighted by molar-refractivity contribution is 5.87. The largest absolute Gasteiger partial charge is 0.363 e. The summed E-state index contributed by atoms with van der Waals surface area (Å²) in [6.45, 7) is 6.74. The van der Waals surface area contributed by atoms with Crippen LogP contribution < -0.4 is 5.32 Å². The third kappa shape index (κ3) is 5.90. The number of nitrogens with zero attached hydrogens (tertiary/aromatic N) is 2. The summed E-state index contributed by atoms with van der Waals surface area (Å²) >= 11 is 0. The van der Waals surface area contributed by atoms with Gasteiger partial charge in [-0.1, -0.05) is 97.5 Å². The highest BCUT2D eigenvalue weighted by atomic mass is 19.1. The van der Waals surface area contributed by atoms with Crippen LogP contribution in [0.5, 0.6) is 0 Å². The minimum atomic E-state index is -0.448. The van der Waals surface area contributed by atoms with Crippen LogP contribution in [-0.4, -0.2) is 9.97 Å². The topological polar surface area (TPSA) is 37.8 Å². The molecule has 0 aliphatic rings. The lowest BCUT2D eigenvalue weighted by Gasteiger charge is -2.11. The Balaban J connectivity index is 1.51. The molecule has 3 nitrogen and oxygen atoms in total. The van der Waals surface area contributed by atoms with Crippen LogP contribution in [0, 0.1) is 5.82 Å². The molecular weight excluding hydrogens is 433 g/mol. The van der Waals surface area contributed by atoms with Crippen molar-refractivity contribution >= 4 is 22.2 Å². The molecule has 0 unspecified atom stereocenters. The molecule has 0 bridgehead atoms. The predicted octanol–water partition coefficient (Wildman–Crippen LogP) is 8.36. The average Bonchev–Trinajstić information content (AvgIpc) is 2.88. The van der Waals surface area contributed by atoms with Crippen LogP contribution in [-0.2, 0) is 6.54 Å². The Morgan fingerprint density at radius 3 is 2.49 bits per heavy atom. The predicted molar refractivity (Wildman–Crippen MR) is 146 cm³/mol.